The standard InChI is InChI=1S/C16H14N2O3S/c17-22(20,21)13-8-6-12(7-9-13)18-16-14-4-2-1-3-11(14)5-10-15(16)19/h1-10,18-19H,(H2,17,20,21). The molecule has 0 amide bonds. The van der Waals surface area contributed by atoms with Crippen molar-refractivity contribution in [1.29, 1.82) is 0 Å². The van der Waals surface area contributed by atoms with Crippen molar-refractivity contribution in [2.24, 2.45) is 5.14 Å². The van der Waals surface area contributed by atoms with Crippen LogP contribution in [0.3, 0.4) is 0 Å². The van der Waals surface area contributed by atoms with E-state index in [1.165, 1.54) is 12.1 Å². The van der Waals surface area contributed by atoms with Crippen molar-refractivity contribution in [3.05, 3.63) is 60.7 Å². The van der Waals surface area contributed by atoms with E-state index in [-0.39, 0.29) is 10.6 Å². The highest BCUT2D eigenvalue weighted by atomic mass is 32.2. The fourth-order valence-electron chi connectivity index (χ4n) is 2.26. The van der Waals surface area contributed by atoms with Gasteiger partial charge in [-0.25, -0.2) is 13.6 Å². The number of phenolic OH excluding ortho intramolecular Hbond substituents is 1. The summed E-state index contributed by atoms with van der Waals surface area (Å²) >= 11 is 0. The Morgan fingerprint density at radius 3 is 2.27 bits per heavy atom. The van der Waals surface area contributed by atoms with E-state index in [9.17, 15) is 13.5 Å². The van der Waals surface area contributed by atoms with Crippen LogP contribution in [0.4, 0.5) is 11.4 Å². The molecule has 3 aromatic carbocycles. The minimum Gasteiger partial charge on any atom is -0.506 e. The summed E-state index contributed by atoms with van der Waals surface area (Å²) in [6.45, 7) is 0. The van der Waals surface area contributed by atoms with Crippen LogP contribution < -0.4 is 10.5 Å². The van der Waals surface area contributed by atoms with Crippen LogP contribution in [0.25, 0.3) is 10.8 Å². The van der Waals surface area contributed by atoms with Gasteiger partial charge >= 0.3 is 0 Å². The minimum atomic E-state index is -3.71. The van der Waals surface area contributed by atoms with Crippen LogP contribution in [0.2, 0.25) is 0 Å². The van der Waals surface area contributed by atoms with Gasteiger partial charge in [-0.05, 0) is 35.7 Å². The Morgan fingerprint density at radius 1 is 0.909 bits per heavy atom. The number of aromatic hydroxyl groups is 1. The summed E-state index contributed by atoms with van der Waals surface area (Å²) in [6.07, 6.45) is 0. The molecule has 0 aliphatic heterocycles. The highest BCUT2D eigenvalue weighted by molar-refractivity contribution is 7.89. The lowest BCUT2D eigenvalue weighted by molar-refractivity contribution is 0.478. The molecule has 0 aliphatic carbocycles. The van der Waals surface area contributed by atoms with Gasteiger partial charge < -0.3 is 10.4 Å². The molecular formula is C16H14N2O3S. The fourth-order valence-corrected chi connectivity index (χ4v) is 2.78. The number of primary sulfonamides is 1. The molecule has 0 unspecified atom stereocenters. The van der Waals surface area contributed by atoms with Crippen molar-refractivity contribution < 1.29 is 13.5 Å². The maximum absolute atomic E-state index is 11.2. The number of phenols is 1. The van der Waals surface area contributed by atoms with Gasteiger partial charge in [0.1, 0.15) is 5.75 Å². The molecule has 0 spiro atoms. The molecule has 0 aromatic heterocycles. The largest absolute Gasteiger partial charge is 0.506 e. The lowest BCUT2D eigenvalue weighted by Gasteiger charge is -2.12. The number of nitrogens with one attached hydrogen (secondary N) is 1. The van der Waals surface area contributed by atoms with Gasteiger partial charge in [-0.15, -0.1) is 0 Å². The maximum Gasteiger partial charge on any atom is 0.238 e. The Kier molecular flexibility index (Phi) is 3.48. The van der Waals surface area contributed by atoms with Crippen LogP contribution in [0, 0.1) is 0 Å². The Bertz CT molecular complexity index is 935. The zero-order valence-electron chi connectivity index (χ0n) is 11.5. The van der Waals surface area contributed by atoms with E-state index in [0.29, 0.717) is 11.4 Å². The van der Waals surface area contributed by atoms with E-state index in [0.717, 1.165) is 10.8 Å². The summed E-state index contributed by atoms with van der Waals surface area (Å²) in [7, 11) is -3.71. The highest BCUT2D eigenvalue weighted by Crippen LogP contribution is 2.34. The average molecular weight is 314 g/mol. The smallest absolute Gasteiger partial charge is 0.238 e. The third-order valence-corrected chi connectivity index (χ3v) is 4.29. The van der Waals surface area contributed by atoms with Gasteiger partial charge in [0.05, 0.1) is 10.6 Å². The van der Waals surface area contributed by atoms with Gasteiger partial charge in [-0.1, -0.05) is 30.3 Å². The second kappa shape index (κ2) is 5.32. The summed E-state index contributed by atoms with van der Waals surface area (Å²) in [4.78, 5) is 0.0418. The second-order valence-corrected chi connectivity index (χ2v) is 6.44. The number of sulfonamides is 1. The van der Waals surface area contributed by atoms with E-state index < -0.39 is 10.0 Å². The molecular weight excluding hydrogens is 300 g/mol. The third-order valence-electron chi connectivity index (χ3n) is 3.36. The Morgan fingerprint density at radius 2 is 1.59 bits per heavy atom. The van der Waals surface area contributed by atoms with Crippen molar-refractivity contribution in [1.82, 2.24) is 0 Å². The zero-order chi connectivity index (χ0) is 15.7. The van der Waals surface area contributed by atoms with E-state index in [2.05, 4.69) is 5.32 Å². The van der Waals surface area contributed by atoms with Gasteiger partial charge in [-0.2, -0.15) is 0 Å². The normalized spacial score (nSPS) is 11.5. The van der Waals surface area contributed by atoms with Crippen molar-refractivity contribution in [2.75, 3.05) is 5.32 Å². The Hall–Kier alpha value is -2.57. The first-order chi connectivity index (χ1) is 10.4. The first-order valence-electron chi connectivity index (χ1n) is 6.56. The average Bonchev–Trinajstić information content (AvgIpc) is 2.50. The zero-order valence-corrected chi connectivity index (χ0v) is 12.3. The van der Waals surface area contributed by atoms with E-state index >= 15 is 0 Å². The number of fused-ring (bicyclic) bond motifs is 1. The fraction of sp³-hybridized carbons (Fsp3) is 0. The van der Waals surface area contributed by atoms with E-state index in [1.54, 1.807) is 18.2 Å². The number of hydrogen-bond donors (Lipinski definition) is 3. The molecule has 3 rings (SSSR count). The summed E-state index contributed by atoms with van der Waals surface area (Å²) < 4.78 is 22.5. The number of rotatable bonds is 3. The van der Waals surface area contributed by atoms with Gasteiger partial charge in [0, 0.05) is 11.1 Å². The Balaban J connectivity index is 2.02. The second-order valence-electron chi connectivity index (χ2n) is 4.88. The minimum absolute atomic E-state index is 0.0418. The van der Waals surface area contributed by atoms with Crippen molar-refractivity contribution >= 4 is 32.2 Å². The molecule has 0 radical (unpaired) electrons. The molecule has 4 N–H and O–H groups in total. The van der Waals surface area contributed by atoms with Crippen molar-refractivity contribution in [3.8, 4) is 5.75 Å². The van der Waals surface area contributed by atoms with E-state index in [1.807, 2.05) is 30.3 Å². The molecule has 0 fully saturated rings. The topological polar surface area (TPSA) is 92.4 Å². The predicted octanol–water partition coefficient (Wildman–Crippen LogP) is 2.94. The van der Waals surface area contributed by atoms with Crippen LogP contribution in [-0.2, 0) is 10.0 Å². The number of hydrogen-bond acceptors (Lipinski definition) is 4. The molecule has 0 saturated carbocycles. The molecule has 0 aliphatic rings. The van der Waals surface area contributed by atoms with Crippen LogP contribution >= 0.6 is 0 Å². The molecule has 0 heterocycles. The molecule has 0 atom stereocenters. The van der Waals surface area contributed by atoms with Crippen LogP contribution in [0.1, 0.15) is 0 Å². The number of benzene rings is 3. The predicted molar refractivity (Wildman–Crippen MR) is 86.7 cm³/mol. The SMILES string of the molecule is NS(=O)(=O)c1ccc(Nc2c(O)ccc3ccccc23)cc1. The van der Waals surface area contributed by atoms with Gasteiger partial charge in [-0.3, -0.25) is 0 Å². The molecule has 6 heteroatoms. The van der Waals surface area contributed by atoms with E-state index in [4.69, 9.17) is 5.14 Å². The van der Waals surface area contributed by atoms with Crippen LogP contribution in [0.15, 0.2) is 65.6 Å². The van der Waals surface area contributed by atoms with Crippen molar-refractivity contribution in [2.45, 2.75) is 4.90 Å². The van der Waals surface area contributed by atoms with Gasteiger partial charge in [0.15, 0.2) is 0 Å². The first-order valence-corrected chi connectivity index (χ1v) is 8.10. The van der Waals surface area contributed by atoms with Crippen molar-refractivity contribution in [3.63, 3.8) is 0 Å². The lowest BCUT2D eigenvalue weighted by atomic mass is 10.1. The molecule has 0 saturated heterocycles. The molecule has 3 aromatic rings. The summed E-state index contributed by atoms with van der Waals surface area (Å²) in [6, 6.07) is 17.1. The highest BCUT2D eigenvalue weighted by Gasteiger charge is 2.09. The summed E-state index contributed by atoms with van der Waals surface area (Å²) in [5.74, 6) is 0.120. The maximum atomic E-state index is 11.2. The molecule has 22 heavy (non-hydrogen) atoms. The summed E-state index contributed by atoms with van der Waals surface area (Å²) in [5.41, 5.74) is 1.22. The Labute approximate surface area is 128 Å². The molecule has 112 valence electrons. The van der Waals surface area contributed by atoms with Gasteiger partial charge in [0.2, 0.25) is 10.0 Å². The lowest BCUT2D eigenvalue weighted by Crippen LogP contribution is -2.11. The first kappa shape index (κ1) is 14.4. The van der Waals surface area contributed by atoms with Crippen LogP contribution in [0.5, 0.6) is 5.75 Å². The monoisotopic (exact) mass is 314 g/mol. The third kappa shape index (κ3) is 2.74. The van der Waals surface area contributed by atoms with Gasteiger partial charge in [0.25, 0.3) is 0 Å². The number of nitrogens with two attached hydrogens (primary N) is 1. The molecule has 0 bridgehead atoms. The molecule has 5 nitrogen and oxygen atoms in total. The van der Waals surface area contributed by atoms with Crippen LogP contribution in [-0.4, -0.2) is 13.5 Å². The quantitative estimate of drug-likeness (QED) is 0.648. The summed E-state index contributed by atoms with van der Waals surface area (Å²) in [5, 5.41) is 20.1. The number of anilines is 2.